The summed E-state index contributed by atoms with van der Waals surface area (Å²) in [7, 11) is 1.01. The molecule has 1 heterocycles. The fourth-order valence-electron chi connectivity index (χ4n) is 2.50. The number of halogens is 4. The van der Waals surface area contributed by atoms with E-state index in [0.717, 1.165) is 7.05 Å². The van der Waals surface area contributed by atoms with E-state index in [1.807, 2.05) is 5.32 Å². The number of amides is 5. The Morgan fingerprint density at radius 1 is 0.923 bits per heavy atom. The monoisotopic (exact) mass is 375 g/mol. The van der Waals surface area contributed by atoms with E-state index in [1.54, 1.807) is 0 Å². The summed E-state index contributed by atoms with van der Waals surface area (Å²) in [6, 6.07) is 0. The van der Waals surface area contributed by atoms with Gasteiger partial charge in [-0.3, -0.25) is 29.3 Å². The third-order valence-electron chi connectivity index (χ3n) is 3.85. The molecule has 5 amide bonds. The summed E-state index contributed by atoms with van der Waals surface area (Å²) in [5.74, 6) is -15.3. The number of fused-ring (bicyclic) bond motifs is 1. The minimum absolute atomic E-state index is 0.164. The van der Waals surface area contributed by atoms with Crippen LogP contribution in [0, 0.1) is 23.3 Å². The number of likely N-dealkylation sites (N-methyl/N-ethyl adjacent to an activating group) is 1. The molecule has 0 aliphatic carbocycles. The van der Waals surface area contributed by atoms with Crippen LogP contribution in [-0.4, -0.2) is 47.5 Å². The molecule has 26 heavy (non-hydrogen) atoms. The van der Waals surface area contributed by atoms with Crippen LogP contribution in [0.4, 0.5) is 17.6 Å². The summed E-state index contributed by atoms with van der Waals surface area (Å²) in [5.41, 5.74) is -5.73. The van der Waals surface area contributed by atoms with Crippen molar-refractivity contribution in [1.29, 1.82) is 0 Å². The van der Waals surface area contributed by atoms with Gasteiger partial charge in [0.1, 0.15) is 0 Å². The lowest BCUT2D eigenvalue weighted by molar-refractivity contribution is -0.142. The summed E-state index contributed by atoms with van der Waals surface area (Å²) < 4.78 is 54.6. The lowest BCUT2D eigenvalue weighted by atomic mass is 9.97. The average Bonchev–Trinajstić information content (AvgIpc) is 2.87. The molecule has 0 saturated carbocycles. The first-order chi connectivity index (χ1) is 12.0. The highest BCUT2D eigenvalue weighted by atomic mass is 19.2. The molecule has 1 unspecified atom stereocenters. The fraction of sp³-hybridized carbons (Fsp3) is 0.214. The first-order valence-corrected chi connectivity index (χ1v) is 6.77. The van der Waals surface area contributed by atoms with Gasteiger partial charge in [-0.25, -0.2) is 22.5 Å². The van der Waals surface area contributed by atoms with Crippen LogP contribution in [0.25, 0.3) is 0 Å². The van der Waals surface area contributed by atoms with Crippen molar-refractivity contribution < 1.29 is 41.5 Å². The van der Waals surface area contributed by atoms with Crippen molar-refractivity contribution >= 4 is 30.0 Å². The summed E-state index contributed by atoms with van der Waals surface area (Å²) in [6.07, 6.45) is -0.164. The molecule has 138 valence electrons. The molecule has 0 aromatic heterocycles. The van der Waals surface area contributed by atoms with Gasteiger partial charge in [-0.15, -0.1) is 0 Å². The molecule has 1 aliphatic heterocycles. The first-order valence-electron chi connectivity index (χ1n) is 6.77. The summed E-state index contributed by atoms with van der Waals surface area (Å²) in [4.78, 5) is 59.3. The Bertz CT molecular complexity index is 841. The number of hydrogen-bond acceptors (Lipinski definition) is 5. The van der Waals surface area contributed by atoms with Gasteiger partial charge in [0, 0.05) is 7.05 Å². The van der Waals surface area contributed by atoms with Gasteiger partial charge in [0.2, 0.25) is 11.9 Å². The summed E-state index contributed by atoms with van der Waals surface area (Å²) in [5, 5.41) is 3.48. The molecule has 2 rings (SSSR count). The Morgan fingerprint density at radius 2 is 1.35 bits per heavy atom. The molecule has 0 radical (unpaired) electrons. The molecule has 12 heteroatoms. The van der Waals surface area contributed by atoms with Gasteiger partial charge >= 0.3 is 0 Å². The van der Waals surface area contributed by atoms with E-state index in [-0.39, 0.29) is 11.3 Å². The second kappa shape index (κ2) is 6.20. The van der Waals surface area contributed by atoms with E-state index in [1.165, 1.54) is 5.32 Å². The number of carbonyl (C=O) groups is 5. The van der Waals surface area contributed by atoms with E-state index in [4.69, 9.17) is 0 Å². The largest absolute Gasteiger partial charge is 0.357 e. The predicted molar refractivity (Wildman–Crippen MR) is 73.5 cm³/mol. The van der Waals surface area contributed by atoms with Crippen LogP contribution in [0.1, 0.15) is 27.6 Å². The zero-order chi connectivity index (χ0) is 20.0. The van der Waals surface area contributed by atoms with Crippen molar-refractivity contribution in [1.82, 2.24) is 15.5 Å². The van der Waals surface area contributed by atoms with Crippen molar-refractivity contribution in [2.45, 2.75) is 12.5 Å². The van der Waals surface area contributed by atoms with Crippen LogP contribution < -0.4 is 10.6 Å². The third-order valence-corrected chi connectivity index (χ3v) is 3.85. The third kappa shape index (κ3) is 2.25. The Labute approximate surface area is 142 Å². The number of imide groups is 2. The minimum atomic E-state index is -2.78. The van der Waals surface area contributed by atoms with Crippen molar-refractivity contribution in [3.05, 3.63) is 34.4 Å². The molecule has 0 fully saturated rings. The molecule has 1 aromatic rings. The quantitative estimate of drug-likeness (QED) is 0.186. The maximum Gasteiger partial charge on any atom is 0.266 e. The Morgan fingerprint density at radius 3 is 1.69 bits per heavy atom. The SMILES string of the molecule is CNC(=O)C(C)(C(=O)NC=O)N1C(=O)c2c(F)c(F)c(F)c(F)c2C1=O. The van der Waals surface area contributed by atoms with Gasteiger partial charge in [-0.05, 0) is 6.92 Å². The Hall–Kier alpha value is -3.31. The first kappa shape index (κ1) is 19.0. The smallest absolute Gasteiger partial charge is 0.266 e. The van der Waals surface area contributed by atoms with E-state index in [2.05, 4.69) is 0 Å². The number of nitrogens with one attached hydrogen (secondary N) is 2. The lowest BCUT2D eigenvalue weighted by Gasteiger charge is -2.33. The average molecular weight is 375 g/mol. The Balaban J connectivity index is 2.77. The molecule has 0 saturated heterocycles. The molecule has 8 nitrogen and oxygen atoms in total. The minimum Gasteiger partial charge on any atom is -0.357 e. The van der Waals surface area contributed by atoms with Crippen molar-refractivity contribution in [2.24, 2.45) is 0 Å². The number of nitrogens with zero attached hydrogens (tertiary/aromatic N) is 1. The van der Waals surface area contributed by atoms with Crippen LogP contribution in [-0.2, 0) is 14.4 Å². The van der Waals surface area contributed by atoms with Crippen molar-refractivity contribution in [3.63, 3.8) is 0 Å². The van der Waals surface area contributed by atoms with Gasteiger partial charge in [-0.1, -0.05) is 0 Å². The summed E-state index contributed by atoms with van der Waals surface area (Å²) in [6.45, 7) is 0.703. The molecule has 1 atom stereocenters. The molecule has 1 aromatic carbocycles. The molecule has 0 bridgehead atoms. The molecule has 2 N–H and O–H groups in total. The fourth-order valence-corrected chi connectivity index (χ4v) is 2.50. The molecular formula is C14H9F4N3O5. The van der Waals surface area contributed by atoms with Crippen molar-refractivity contribution in [2.75, 3.05) is 7.05 Å². The highest BCUT2D eigenvalue weighted by Gasteiger charge is 2.57. The standard InChI is InChI=1S/C14H9F4N3O5/c1-14(12(25)19-2,13(26)20-3-22)21-10(23)4-5(11(21)24)7(16)9(18)8(17)6(4)15/h3H,1-2H3,(H,19,25)(H,20,22,26). The zero-order valence-electron chi connectivity index (χ0n) is 13.1. The molecular weight excluding hydrogens is 366 g/mol. The van der Waals surface area contributed by atoms with Gasteiger partial charge in [-0.2, -0.15) is 0 Å². The topological polar surface area (TPSA) is 113 Å². The zero-order valence-corrected chi connectivity index (χ0v) is 13.1. The number of carbonyl (C=O) groups excluding carboxylic acids is 5. The van der Waals surface area contributed by atoms with Gasteiger partial charge in [0.15, 0.2) is 23.3 Å². The number of benzene rings is 1. The van der Waals surface area contributed by atoms with Crippen LogP contribution in [0.5, 0.6) is 0 Å². The number of hydrogen-bond donors (Lipinski definition) is 2. The maximum absolute atomic E-state index is 13.9. The second-order valence-electron chi connectivity index (χ2n) is 5.19. The number of rotatable bonds is 4. The second-order valence-corrected chi connectivity index (χ2v) is 5.19. The van der Waals surface area contributed by atoms with Gasteiger partial charge in [0.25, 0.3) is 23.6 Å². The van der Waals surface area contributed by atoms with E-state index in [0.29, 0.717) is 6.92 Å². The molecule has 0 spiro atoms. The Kier molecular flexibility index (Phi) is 4.54. The molecule has 1 aliphatic rings. The predicted octanol–water partition coefficient (Wildman–Crippen LogP) is -0.384. The van der Waals surface area contributed by atoms with Crippen LogP contribution in [0.2, 0.25) is 0 Å². The maximum atomic E-state index is 13.9. The van der Waals surface area contributed by atoms with Crippen LogP contribution in [0.3, 0.4) is 0 Å². The van der Waals surface area contributed by atoms with Crippen molar-refractivity contribution in [3.8, 4) is 0 Å². The normalized spacial score (nSPS) is 15.4. The highest BCUT2D eigenvalue weighted by molar-refractivity contribution is 6.28. The van der Waals surface area contributed by atoms with Gasteiger partial charge in [0.05, 0.1) is 11.1 Å². The van der Waals surface area contributed by atoms with Gasteiger partial charge < -0.3 is 5.32 Å². The van der Waals surface area contributed by atoms with E-state index in [9.17, 15) is 41.5 Å². The van der Waals surface area contributed by atoms with E-state index >= 15 is 0 Å². The highest BCUT2D eigenvalue weighted by Crippen LogP contribution is 2.35. The van der Waals surface area contributed by atoms with Crippen LogP contribution in [0.15, 0.2) is 0 Å². The van der Waals surface area contributed by atoms with E-state index < -0.39 is 63.6 Å². The van der Waals surface area contributed by atoms with Crippen LogP contribution >= 0.6 is 0 Å². The summed E-state index contributed by atoms with van der Waals surface area (Å²) >= 11 is 0. The lowest BCUT2D eigenvalue weighted by Crippen LogP contribution is -2.66.